The van der Waals surface area contributed by atoms with Crippen LogP contribution in [0, 0.1) is 0 Å². The fraction of sp³-hybridized carbons (Fsp3) is 0.818. The molecular formula is C22H41NO4. The van der Waals surface area contributed by atoms with E-state index in [9.17, 15) is 14.7 Å². The first-order valence-electron chi connectivity index (χ1n) is 10.6. The molecule has 0 aliphatic rings. The van der Waals surface area contributed by atoms with Crippen molar-refractivity contribution < 1.29 is 23.9 Å². The zero-order valence-corrected chi connectivity index (χ0v) is 18.0. The largest absolute Gasteiger partial charge is 0.550 e. The molecular weight excluding hydrogens is 342 g/mol. The molecule has 0 saturated carbocycles. The average molecular weight is 384 g/mol. The summed E-state index contributed by atoms with van der Waals surface area (Å²) in [6, 6.07) is 0. The van der Waals surface area contributed by atoms with E-state index < -0.39 is 18.0 Å². The van der Waals surface area contributed by atoms with Crippen molar-refractivity contribution in [2.24, 2.45) is 0 Å². The van der Waals surface area contributed by atoms with Gasteiger partial charge in [-0.25, -0.2) is 4.79 Å². The van der Waals surface area contributed by atoms with Gasteiger partial charge in [0.25, 0.3) is 0 Å². The molecule has 0 aromatic rings. The number of ether oxygens (including phenoxy) is 1. The van der Waals surface area contributed by atoms with Crippen molar-refractivity contribution in [1.82, 2.24) is 0 Å². The van der Waals surface area contributed by atoms with E-state index in [1.807, 2.05) is 27.2 Å². The zero-order valence-electron chi connectivity index (χ0n) is 18.0. The highest BCUT2D eigenvalue weighted by Gasteiger charge is 2.21. The van der Waals surface area contributed by atoms with Gasteiger partial charge in [0, 0.05) is 18.5 Å². The quantitative estimate of drug-likeness (QED) is 0.167. The fourth-order valence-corrected chi connectivity index (χ4v) is 3.07. The van der Waals surface area contributed by atoms with Gasteiger partial charge in [-0.05, 0) is 12.8 Å². The number of likely N-dealkylation sites (N-methyl/N-ethyl adjacent to an activating group) is 1. The Kier molecular flexibility index (Phi) is 14.9. The molecule has 0 heterocycles. The van der Waals surface area contributed by atoms with Gasteiger partial charge < -0.3 is 19.1 Å². The van der Waals surface area contributed by atoms with Crippen LogP contribution in [0.4, 0.5) is 0 Å². The summed E-state index contributed by atoms with van der Waals surface area (Å²) in [6.07, 6.45) is 16.1. The van der Waals surface area contributed by atoms with E-state index in [4.69, 9.17) is 4.74 Å². The van der Waals surface area contributed by atoms with E-state index in [2.05, 4.69) is 6.92 Å². The van der Waals surface area contributed by atoms with Crippen molar-refractivity contribution in [3.05, 3.63) is 12.2 Å². The molecule has 0 aromatic heterocycles. The van der Waals surface area contributed by atoms with Crippen LogP contribution in [-0.4, -0.2) is 50.2 Å². The number of quaternary nitrogens is 1. The van der Waals surface area contributed by atoms with Crippen LogP contribution < -0.4 is 5.11 Å². The molecule has 0 aliphatic carbocycles. The lowest BCUT2D eigenvalue weighted by atomic mass is 10.1. The summed E-state index contributed by atoms with van der Waals surface area (Å²) in [7, 11) is 5.78. The minimum Gasteiger partial charge on any atom is -0.550 e. The van der Waals surface area contributed by atoms with Crippen LogP contribution >= 0.6 is 0 Å². The zero-order chi connectivity index (χ0) is 20.5. The Bertz CT molecular complexity index is 427. The molecule has 0 amide bonds. The lowest BCUT2D eigenvalue weighted by molar-refractivity contribution is -0.873. The number of esters is 1. The van der Waals surface area contributed by atoms with Crippen molar-refractivity contribution in [2.75, 3.05) is 27.7 Å². The molecule has 0 fully saturated rings. The highest BCUT2D eigenvalue weighted by Crippen LogP contribution is 2.11. The SMILES string of the molecule is CCCCCCCCCCCC/C=C/C(=O)OC(CC(=O)[O-])C[N+](C)(C)C. The maximum absolute atomic E-state index is 11.9. The number of rotatable bonds is 17. The molecule has 0 spiro atoms. The summed E-state index contributed by atoms with van der Waals surface area (Å²) < 4.78 is 5.80. The maximum Gasteiger partial charge on any atom is 0.330 e. The summed E-state index contributed by atoms with van der Waals surface area (Å²) >= 11 is 0. The summed E-state index contributed by atoms with van der Waals surface area (Å²) in [6.45, 7) is 2.68. The number of unbranched alkanes of at least 4 members (excludes halogenated alkanes) is 10. The van der Waals surface area contributed by atoms with E-state index in [-0.39, 0.29) is 6.42 Å². The smallest absolute Gasteiger partial charge is 0.330 e. The van der Waals surface area contributed by atoms with Gasteiger partial charge in [-0.2, -0.15) is 0 Å². The second-order valence-corrected chi connectivity index (χ2v) is 8.48. The second kappa shape index (κ2) is 15.7. The number of hydrogen-bond donors (Lipinski definition) is 0. The molecule has 0 saturated heterocycles. The predicted molar refractivity (Wildman–Crippen MR) is 108 cm³/mol. The number of allylic oxidation sites excluding steroid dienone is 1. The number of carboxylic acid groups (broad SMARTS) is 1. The Balaban J connectivity index is 3.82. The number of nitrogens with zero attached hydrogens (tertiary/aromatic N) is 1. The molecule has 5 nitrogen and oxygen atoms in total. The average Bonchev–Trinajstić information content (AvgIpc) is 2.53. The molecule has 0 aromatic carbocycles. The molecule has 0 bridgehead atoms. The van der Waals surface area contributed by atoms with Gasteiger partial charge in [0.2, 0.25) is 0 Å². The molecule has 1 atom stereocenters. The maximum atomic E-state index is 11.9. The van der Waals surface area contributed by atoms with Crippen LogP contribution in [0.3, 0.4) is 0 Å². The van der Waals surface area contributed by atoms with Crippen LogP contribution in [0.25, 0.3) is 0 Å². The highest BCUT2D eigenvalue weighted by atomic mass is 16.5. The fourth-order valence-electron chi connectivity index (χ4n) is 3.07. The Morgan fingerprint density at radius 2 is 1.44 bits per heavy atom. The third kappa shape index (κ3) is 19.2. The minimum atomic E-state index is -1.20. The lowest BCUT2D eigenvalue weighted by Crippen LogP contribution is -2.45. The molecule has 0 radical (unpaired) electrons. The first-order valence-corrected chi connectivity index (χ1v) is 10.6. The normalized spacial score (nSPS) is 13.0. The van der Waals surface area contributed by atoms with Gasteiger partial charge in [-0.3, -0.25) is 0 Å². The summed E-state index contributed by atoms with van der Waals surface area (Å²) in [5.41, 5.74) is 0. The predicted octanol–water partition coefficient (Wildman–Crippen LogP) is 3.61. The highest BCUT2D eigenvalue weighted by molar-refractivity contribution is 5.82. The van der Waals surface area contributed by atoms with E-state index >= 15 is 0 Å². The molecule has 0 rings (SSSR count). The van der Waals surface area contributed by atoms with Crippen LogP contribution in [0.15, 0.2) is 12.2 Å². The molecule has 0 aliphatic heterocycles. The van der Waals surface area contributed by atoms with E-state index in [0.29, 0.717) is 11.0 Å². The van der Waals surface area contributed by atoms with Crippen LogP contribution in [0.2, 0.25) is 0 Å². The second-order valence-electron chi connectivity index (χ2n) is 8.48. The summed E-state index contributed by atoms with van der Waals surface area (Å²) in [5.74, 6) is -1.67. The standard InChI is InChI=1S/C22H41NO4/c1-5-6-7-8-9-10-11-12-13-14-15-16-17-22(26)27-20(18-21(24)25)19-23(2,3)4/h16-17,20H,5-15,18-19H2,1-4H3/b17-16+. The number of carboxylic acids is 1. The number of carbonyl (C=O) groups excluding carboxylic acids is 2. The third-order valence-corrected chi connectivity index (χ3v) is 4.41. The molecule has 0 N–H and O–H groups in total. The minimum absolute atomic E-state index is 0.270. The van der Waals surface area contributed by atoms with Gasteiger partial charge >= 0.3 is 5.97 Å². The topological polar surface area (TPSA) is 66.4 Å². The Morgan fingerprint density at radius 1 is 0.926 bits per heavy atom. The van der Waals surface area contributed by atoms with E-state index in [1.54, 1.807) is 0 Å². The first-order chi connectivity index (χ1) is 12.7. The van der Waals surface area contributed by atoms with Crippen molar-refractivity contribution in [3.63, 3.8) is 0 Å². The van der Waals surface area contributed by atoms with Crippen molar-refractivity contribution in [2.45, 2.75) is 90.1 Å². The third-order valence-electron chi connectivity index (χ3n) is 4.41. The molecule has 1 unspecified atom stereocenters. The monoisotopic (exact) mass is 383 g/mol. The number of carbonyl (C=O) groups is 2. The van der Waals surface area contributed by atoms with Crippen LogP contribution in [-0.2, 0) is 14.3 Å². The van der Waals surface area contributed by atoms with Crippen LogP contribution in [0.1, 0.15) is 84.0 Å². The van der Waals surface area contributed by atoms with Crippen molar-refractivity contribution in [3.8, 4) is 0 Å². The van der Waals surface area contributed by atoms with E-state index in [1.165, 1.54) is 63.9 Å². The Morgan fingerprint density at radius 3 is 1.93 bits per heavy atom. The summed E-state index contributed by atoms with van der Waals surface area (Å²) in [5, 5.41) is 10.8. The lowest BCUT2D eigenvalue weighted by Gasteiger charge is -2.29. The molecule has 158 valence electrons. The van der Waals surface area contributed by atoms with E-state index in [0.717, 1.165) is 12.8 Å². The van der Waals surface area contributed by atoms with Gasteiger partial charge in [-0.15, -0.1) is 0 Å². The number of hydrogen-bond acceptors (Lipinski definition) is 4. The van der Waals surface area contributed by atoms with Gasteiger partial charge in [0.1, 0.15) is 6.54 Å². The van der Waals surface area contributed by atoms with Crippen LogP contribution in [0.5, 0.6) is 0 Å². The Hall–Kier alpha value is -1.36. The first kappa shape index (κ1) is 25.6. The van der Waals surface area contributed by atoms with Gasteiger partial charge in [0.15, 0.2) is 6.10 Å². The summed E-state index contributed by atoms with van der Waals surface area (Å²) in [4.78, 5) is 22.7. The van der Waals surface area contributed by atoms with Gasteiger partial charge in [0.05, 0.1) is 21.1 Å². The molecule has 27 heavy (non-hydrogen) atoms. The van der Waals surface area contributed by atoms with Gasteiger partial charge in [-0.1, -0.05) is 70.8 Å². The van der Waals surface area contributed by atoms with Crippen molar-refractivity contribution >= 4 is 11.9 Å². The van der Waals surface area contributed by atoms with Crippen molar-refractivity contribution in [1.29, 1.82) is 0 Å². The molecule has 5 heteroatoms. The Labute approximate surface area is 166 Å². The number of aliphatic carboxylic acids is 1.